The molecule has 1 atom stereocenters. The summed E-state index contributed by atoms with van der Waals surface area (Å²) in [6.45, 7) is 3.27. The fraction of sp³-hybridized carbons (Fsp3) is 0.250. The van der Waals surface area contributed by atoms with Crippen LogP contribution in [0.3, 0.4) is 0 Å². The molecule has 0 aromatic heterocycles. The molecule has 0 bridgehead atoms. The van der Waals surface area contributed by atoms with Gasteiger partial charge in [-0.05, 0) is 49.7 Å². The van der Waals surface area contributed by atoms with Crippen molar-refractivity contribution in [2.45, 2.75) is 31.0 Å². The first kappa shape index (κ1) is 26.2. The molecule has 0 unspecified atom stereocenters. The number of alkyl halides is 3. The molecule has 0 aliphatic carbocycles. The molecular weight excluding hydrogens is 513 g/mol. The van der Waals surface area contributed by atoms with Crippen molar-refractivity contribution in [3.63, 3.8) is 0 Å². The monoisotopic (exact) mass is 530 g/mol. The van der Waals surface area contributed by atoms with Gasteiger partial charge >= 0.3 is 12.1 Å². The average Bonchev–Trinajstić information content (AvgIpc) is 3.25. The van der Waals surface area contributed by atoms with Gasteiger partial charge in [0.15, 0.2) is 10.9 Å². The van der Waals surface area contributed by atoms with Gasteiger partial charge in [0, 0.05) is 17.5 Å². The lowest BCUT2D eigenvalue weighted by atomic mass is 10.2. The smallest absolute Gasteiger partial charge is 0.416 e. The van der Waals surface area contributed by atoms with Crippen LogP contribution in [0.25, 0.3) is 0 Å². The van der Waals surface area contributed by atoms with Crippen LogP contribution in [0.5, 0.6) is 0 Å². The second-order valence-electron chi connectivity index (χ2n) is 7.34. The number of halogens is 3. The molecular formula is C20H17F3N4O6S2. The number of carboxylic acids is 1. The molecule has 15 heteroatoms. The van der Waals surface area contributed by atoms with Crippen molar-refractivity contribution in [2.75, 3.05) is 10.5 Å². The van der Waals surface area contributed by atoms with Crippen molar-refractivity contribution in [3.05, 3.63) is 57.6 Å². The number of carbonyl (C=O) groups is 1. The minimum absolute atomic E-state index is 0.00632. The Balaban J connectivity index is 1.88. The Hall–Kier alpha value is -3.46. The fourth-order valence-corrected chi connectivity index (χ4v) is 5.24. The molecule has 1 heterocycles. The number of sulfonamides is 1. The third-order valence-electron chi connectivity index (χ3n) is 4.76. The predicted octanol–water partition coefficient (Wildman–Crippen LogP) is 4.41. The van der Waals surface area contributed by atoms with Crippen LogP contribution < -0.4 is 4.72 Å². The molecule has 186 valence electrons. The predicted molar refractivity (Wildman–Crippen MR) is 124 cm³/mol. The summed E-state index contributed by atoms with van der Waals surface area (Å²) >= 11 is 1.25. The molecule has 0 spiro atoms. The number of nitro groups is 1. The molecule has 2 aromatic carbocycles. The highest BCUT2D eigenvalue weighted by molar-refractivity contribution is 8.16. The van der Waals surface area contributed by atoms with Crippen LogP contribution in [0.15, 0.2) is 51.3 Å². The zero-order chi connectivity index (χ0) is 26.1. The number of hydrogen-bond donors (Lipinski definition) is 2. The molecule has 0 amide bonds. The third-order valence-corrected chi connectivity index (χ3v) is 7.34. The number of nitrogens with one attached hydrogen (secondary N) is 1. The van der Waals surface area contributed by atoms with Crippen LogP contribution in [0.4, 0.5) is 30.2 Å². The summed E-state index contributed by atoms with van der Waals surface area (Å²) in [5.74, 6) is -0.755. The summed E-state index contributed by atoms with van der Waals surface area (Å²) in [4.78, 5) is 28.7. The standard InChI is InChI=1S/C20H17F3N4O6S2/c1-10-7-13(4-5-14(10)24-11(2)18-25-15(9-34-18)19(28)29)26-35(32,33)17-6-3-12(20(21,22)23)8-16(17)27(30)31/h3-8,15,26H,9H2,1-2H3,(H,28,29)/t15-/m1/s1. The summed E-state index contributed by atoms with van der Waals surface area (Å²) in [5, 5.41) is 20.8. The van der Waals surface area contributed by atoms with E-state index in [0.29, 0.717) is 34.1 Å². The lowest BCUT2D eigenvalue weighted by Crippen LogP contribution is -2.17. The topological polar surface area (TPSA) is 151 Å². The van der Waals surface area contributed by atoms with Crippen LogP contribution in [0.1, 0.15) is 18.1 Å². The molecule has 35 heavy (non-hydrogen) atoms. The van der Waals surface area contributed by atoms with Gasteiger partial charge in [-0.3, -0.25) is 24.8 Å². The average molecular weight is 531 g/mol. The summed E-state index contributed by atoms with van der Waals surface area (Å²) in [5.41, 5.74) is -1.15. The zero-order valence-corrected chi connectivity index (χ0v) is 19.7. The number of nitrogens with zero attached hydrogens (tertiary/aromatic N) is 3. The largest absolute Gasteiger partial charge is 0.480 e. The van der Waals surface area contributed by atoms with Crippen LogP contribution in [0, 0.1) is 17.0 Å². The van der Waals surface area contributed by atoms with Crippen molar-refractivity contribution in [3.8, 4) is 0 Å². The van der Waals surface area contributed by atoms with Gasteiger partial charge in [0.25, 0.3) is 15.7 Å². The molecule has 0 radical (unpaired) electrons. The highest BCUT2D eigenvalue weighted by Gasteiger charge is 2.35. The maximum atomic E-state index is 12.9. The van der Waals surface area contributed by atoms with E-state index >= 15 is 0 Å². The van der Waals surface area contributed by atoms with Crippen LogP contribution in [-0.4, -0.2) is 47.0 Å². The van der Waals surface area contributed by atoms with Gasteiger partial charge in [0.05, 0.1) is 21.9 Å². The number of aliphatic carboxylic acids is 1. The van der Waals surface area contributed by atoms with Gasteiger partial charge < -0.3 is 5.11 Å². The minimum Gasteiger partial charge on any atom is -0.480 e. The van der Waals surface area contributed by atoms with E-state index in [0.717, 1.165) is 0 Å². The second kappa shape index (κ2) is 9.65. The van der Waals surface area contributed by atoms with E-state index in [-0.39, 0.29) is 17.5 Å². The number of anilines is 1. The number of nitro benzene ring substituents is 1. The summed E-state index contributed by atoms with van der Waals surface area (Å²) < 4.78 is 66.3. The Morgan fingerprint density at radius 1 is 1.29 bits per heavy atom. The molecule has 1 aliphatic heterocycles. The Bertz CT molecular complexity index is 1370. The summed E-state index contributed by atoms with van der Waals surface area (Å²) in [7, 11) is -4.60. The van der Waals surface area contributed by atoms with Gasteiger partial charge in [0.1, 0.15) is 5.04 Å². The number of aliphatic imine (C=N–C) groups is 2. The van der Waals surface area contributed by atoms with E-state index in [1.807, 2.05) is 0 Å². The van der Waals surface area contributed by atoms with Crippen molar-refractivity contribution in [1.29, 1.82) is 0 Å². The lowest BCUT2D eigenvalue weighted by Gasteiger charge is -2.12. The SMILES string of the molecule is CC(=Nc1ccc(NS(=O)(=O)c2ccc(C(F)(F)F)cc2[N+](=O)[O-])cc1C)C1=N[C@@H](C(=O)O)CS1. The maximum Gasteiger partial charge on any atom is 0.416 e. The summed E-state index contributed by atoms with van der Waals surface area (Å²) in [6, 6.07) is 4.48. The number of hydrogen-bond acceptors (Lipinski definition) is 8. The Labute approximate surface area is 201 Å². The van der Waals surface area contributed by atoms with Crippen molar-refractivity contribution in [2.24, 2.45) is 9.98 Å². The molecule has 0 fully saturated rings. The number of rotatable bonds is 7. The number of aryl methyl sites for hydroxylation is 1. The molecule has 2 N–H and O–H groups in total. The van der Waals surface area contributed by atoms with E-state index in [1.165, 1.54) is 30.0 Å². The fourth-order valence-electron chi connectivity index (χ4n) is 3.04. The van der Waals surface area contributed by atoms with Gasteiger partial charge in [-0.15, -0.1) is 11.8 Å². The maximum absolute atomic E-state index is 12.9. The quantitative estimate of drug-likeness (QED) is 0.306. The van der Waals surface area contributed by atoms with Crippen LogP contribution in [-0.2, 0) is 21.0 Å². The molecule has 3 rings (SSSR count). The van der Waals surface area contributed by atoms with Crippen molar-refractivity contribution >= 4 is 55.6 Å². The highest BCUT2D eigenvalue weighted by atomic mass is 32.2. The molecule has 10 nitrogen and oxygen atoms in total. The van der Waals surface area contributed by atoms with E-state index in [9.17, 15) is 36.5 Å². The van der Waals surface area contributed by atoms with Crippen LogP contribution in [0.2, 0.25) is 0 Å². The van der Waals surface area contributed by atoms with Crippen LogP contribution >= 0.6 is 11.8 Å². The summed E-state index contributed by atoms with van der Waals surface area (Å²) in [6.07, 6.45) is -4.89. The van der Waals surface area contributed by atoms with Crippen molar-refractivity contribution < 1.29 is 36.4 Å². The Kier molecular flexibility index (Phi) is 7.21. The molecule has 0 saturated carbocycles. The third kappa shape index (κ3) is 5.97. The van der Waals surface area contributed by atoms with E-state index in [4.69, 9.17) is 5.11 Å². The van der Waals surface area contributed by atoms with E-state index in [1.54, 1.807) is 13.8 Å². The number of carboxylic acid groups (broad SMARTS) is 1. The zero-order valence-electron chi connectivity index (χ0n) is 18.0. The van der Waals surface area contributed by atoms with Gasteiger partial charge in [-0.1, -0.05) is 0 Å². The number of benzene rings is 2. The van der Waals surface area contributed by atoms with Gasteiger partial charge in [-0.25, -0.2) is 13.2 Å². The lowest BCUT2D eigenvalue weighted by molar-refractivity contribution is -0.388. The molecule has 0 saturated heterocycles. The Morgan fingerprint density at radius 2 is 1.97 bits per heavy atom. The van der Waals surface area contributed by atoms with Gasteiger partial charge in [-0.2, -0.15) is 13.2 Å². The minimum atomic E-state index is -4.89. The van der Waals surface area contributed by atoms with Crippen molar-refractivity contribution in [1.82, 2.24) is 0 Å². The van der Waals surface area contributed by atoms with Gasteiger partial charge in [0.2, 0.25) is 0 Å². The molecule has 2 aromatic rings. The first-order valence-electron chi connectivity index (χ1n) is 9.67. The normalized spacial score (nSPS) is 16.7. The van der Waals surface area contributed by atoms with E-state index in [2.05, 4.69) is 14.7 Å². The van der Waals surface area contributed by atoms with E-state index < -0.39 is 49.3 Å². The highest BCUT2D eigenvalue weighted by Crippen LogP contribution is 2.35. The second-order valence-corrected chi connectivity index (χ2v) is 10.0. The Morgan fingerprint density at radius 3 is 2.51 bits per heavy atom. The first-order chi connectivity index (χ1) is 16.2. The molecule has 1 aliphatic rings. The first-order valence-corrected chi connectivity index (χ1v) is 12.1. The number of thioether (sulfide) groups is 1.